The van der Waals surface area contributed by atoms with Crippen LogP contribution in [0, 0.1) is 0 Å². The second-order valence-corrected chi connectivity index (χ2v) is 14.7. The predicted molar refractivity (Wildman–Crippen MR) is 227 cm³/mol. The van der Waals surface area contributed by atoms with Crippen LogP contribution in [0.4, 0.5) is 0 Å². The number of hydrogen-bond donors (Lipinski definition) is 0. The molecule has 2 aliphatic rings. The molecule has 3 heterocycles. The number of fused-ring (bicyclic) bond motifs is 13. The second kappa shape index (κ2) is 12.1. The summed E-state index contributed by atoms with van der Waals surface area (Å²) in [4.78, 5) is 15.1. The van der Waals surface area contributed by atoms with Crippen LogP contribution in [0.1, 0.15) is 28.8 Å². The van der Waals surface area contributed by atoms with Crippen molar-refractivity contribution in [3.63, 3.8) is 0 Å². The first-order valence-corrected chi connectivity index (χ1v) is 19.1. The number of hydrogen-bond acceptors (Lipinski definition) is 4. The number of ether oxygens (including phenoxy) is 1. The highest BCUT2D eigenvalue weighted by Crippen LogP contribution is 2.55. The molecule has 12 rings (SSSR count). The molecule has 56 heavy (non-hydrogen) atoms. The van der Waals surface area contributed by atoms with E-state index in [9.17, 15) is 0 Å². The molecule has 0 saturated carbocycles. The first kappa shape index (κ1) is 31.0. The Morgan fingerprint density at radius 2 is 1.02 bits per heavy atom. The molecule has 1 aliphatic heterocycles. The fourth-order valence-electron chi connectivity index (χ4n) is 9.12. The molecular weight excluding hydrogens is 685 g/mol. The van der Waals surface area contributed by atoms with Gasteiger partial charge in [-0.1, -0.05) is 152 Å². The summed E-state index contributed by atoms with van der Waals surface area (Å²) in [5.74, 6) is 2.71. The second-order valence-electron chi connectivity index (χ2n) is 14.7. The molecule has 262 valence electrons. The lowest BCUT2D eigenvalue weighted by Crippen LogP contribution is -2.13. The van der Waals surface area contributed by atoms with Crippen LogP contribution in [0.25, 0.3) is 89.1 Å². The van der Waals surface area contributed by atoms with Gasteiger partial charge in [0.2, 0.25) is 0 Å². The number of para-hydroxylation sites is 2. The van der Waals surface area contributed by atoms with Crippen LogP contribution < -0.4 is 4.74 Å². The summed E-state index contributed by atoms with van der Waals surface area (Å²) < 4.78 is 9.60. The smallest absolute Gasteiger partial charge is 0.167 e. The molecule has 0 bridgehead atoms. The molecule has 0 N–H and O–H groups in total. The summed E-state index contributed by atoms with van der Waals surface area (Å²) in [5, 5.41) is 8.78. The van der Waals surface area contributed by atoms with Gasteiger partial charge in [-0.2, -0.15) is 0 Å². The van der Waals surface area contributed by atoms with Crippen molar-refractivity contribution in [3.05, 3.63) is 193 Å². The third-order valence-corrected chi connectivity index (χ3v) is 11.6. The van der Waals surface area contributed by atoms with Gasteiger partial charge in [0.25, 0.3) is 0 Å². The fourth-order valence-corrected chi connectivity index (χ4v) is 9.12. The Morgan fingerprint density at radius 3 is 1.68 bits per heavy atom. The van der Waals surface area contributed by atoms with Gasteiger partial charge in [-0.3, -0.25) is 0 Å². The van der Waals surface area contributed by atoms with E-state index in [0.717, 1.165) is 44.9 Å². The van der Waals surface area contributed by atoms with Gasteiger partial charge in [0.15, 0.2) is 17.5 Å². The van der Waals surface area contributed by atoms with Crippen LogP contribution >= 0.6 is 0 Å². The van der Waals surface area contributed by atoms with Crippen molar-refractivity contribution in [2.45, 2.75) is 12.0 Å². The van der Waals surface area contributed by atoms with Gasteiger partial charge in [0, 0.05) is 39.2 Å². The van der Waals surface area contributed by atoms with E-state index in [1.54, 1.807) is 0 Å². The van der Waals surface area contributed by atoms with Crippen molar-refractivity contribution in [2.75, 3.05) is 0 Å². The van der Waals surface area contributed by atoms with E-state index in [4.69, 9.17) is 19.7 Å². The lowest BCUT2D eigenvalue weighted by Gasteiger charge is -2.22. The minimum Gasteiger partial charge on any atom is -0.484 e. The molecule has 0 saturated heterocycles. The minimum absolute atomic E-state index is 0.0349. The van der Waals surface area contributed by atoms with E-state index >= 15 is 0 Å². The Bertz CT molecular complexity index is 3150. The average Bonchev–Trinajstić information content (AvgIpc) is 3.83. The van der Waals surface area contributed by atoms with Gasteiger partial charge in [-0.15, -0.1) is 0 Å². The fraction of sp³-hybridized carbons (Fsp3) is 0.0392. The van der Waals surface area contributed by atoms with E-state index in [0.29, 0.717) is 17.5 Å². The molecule has 2 aromatic heterocycles. The SMILES string of the molecule is C1=CC2c3cccc(-c4nc(-c5ccccc5)nc(-c5ccccc5)n4)c3OC2c2c1n(-c1ccc3c4ccccc4c4ccccc4c3c1)c1ccccc21. The molecule has 0 fully saturated rings. The standard InChI is InChI=1S/C51H32N4O/c1-3-14-31(15-4-1)49-52-50(32-16-5-2-6-17-32)54-51(53-49)42-24-13-23-39-40-28-29-45-46(48(40)56-47(39)42)41-22-11-12-25-44(41)55(45)33-26-27-38-36-20-8-7-18-34(36)35-19-9-10-21-37(35)43(38)30-33/h1-30,40,48H. The summed E-state index contributed by atoms with van der Waals surface area (Å²) in [5.41, 5.74) is 8.50. The van der Waals surface area contributed by atoms with Crippen molar-refractivity contribution in [1.29, 1.82) is 0 Å². The van der Waals surface area contributed by atoms with Gasteiger partial charge < -0.3 is 9.30 Å². The van der Waals surface area contributed by atoms with Crippen LogP contribution in [0.2, 0.25) is 0 Å². The zero-order valence-electron chi connectivity index (χ0n) is 30.2. The maximum absolute atomic E-state index is 7.18. The summed E-state index contributed by atoms with van der Waals surface area (Å²) in [6.45, 7) is 0. The maximum atomic E-state index is 7.18. The number of aromatic nitrogens is 4. The van der Waals surface area contributed by atoms with Crippen LogP contribution in [0.3, 0.4) is 0 Å². The van der Waals surface area contributed by atoms with E-state index in [-0.39, 0.29) is 12.0 Å². The van der Waals surface area contributed by atoms with Gasteiger partial charge >= 0.3 is 0 Å². The van der Waals surface area contributed by atoms with Crippen molar-refractivity contribution in [3.8, 4) is 45.6 Å². The maximum Gasteiger partial charge on any atom is 0.167 e. The summed E-state index contributed by atoms with van der Waals surface area (Å²) in [7, 11) is 0. The Kier molecular flexibility index (Phi) is 6.69. The number of benzene rings is 8. The molecule has 0 spiro atoms. The van der Waals surface area contributed by atoms with Gasteiger partial charge in [0.1, 0.15) is 11.9 Å². The summed E-state index contributed by atoms with van der Waals surface area (Å²) in [6, 6.07) is 59.8. The van der Waals surface area contributed by atoms with Crippen LogP contribution in [0.15, 0.2) is 176 Å². The Labute approximate surface area is 322 Å². The van der Waals surface area contributed by atoms with Crippen molar-refractivity contribution in [2.24, 2.45) is 0 Å². The third kappa shape index (κ3) is 4.58. The Balaban J connectivity index is 1.02. The molecule has 0 amide bonds. The molecule has 1 aliphatic carbocycles. The molecule has 8 aromatic carbocycles. The largest absolute Gasteiger partial charge is 0.484 e. The lowest BCUT2D eigenvalue weighted by molar-refractivity contribution is 0.225. The van der Waals surface area contributed by atoms with Crippen LogP contribution in [0.5, 0.6) is 5.75 Å². The van der Waals surface area contributed by atoms with Gasteiger partial charge in [-0.25, -0.2) is 15.0 Å². The molecule has 10 aromatic rings. The first-order valence-electron chi connectivity index (χ1n) is 19.1. The first-order chi connectivity index (χ1) is 27.8. The molecule has 5 nitrogen and oxygen atoms in total. The van der Waals surface area contributed by atoms with Crippen LogP contribution in [-0.4, -0.2) is 19.5 Å². The van der Waals surface area contributed by atoms with E-state index in [1.165, 1.54) is 43.3 Å². The predicted octanol–water partition coefficient (Wildman–Crippen LogP) is 12.5. The van der Waals surface area contributed by atoms with Crippen molar-refractivity contribution < 1.29 is 4.74 Å². The molecule has 5 heteroatoms. The topological polar surface area (TPSA) is 52.8 Å². The number of rotatable bonds is 4. The molecule has 2 atom stereocenters. The zero-order chi connectivity index (χ0) is 36.7. The quantitative estimate of drug-likeness (QED) is 0.170. The van der Waals surface area contributed by atoms with E-state index in [2.05, 4.69) is 126 Å². The van der Waals surface area contributed by atoms with Crippen LogP contribution in [-0.2, 0) is 0 Å². The number of nitrogens with zero attached hydrogens (tertiary/aromatic N) is 4. The highest BCUT2D eigenvalue weighted by molar-refractivity contribution is 6.25. The van der Waals surface area contributed by atoms with Gasteiger partial charge in [-0.05, 0) is 62.7 Å². The highest BCUT2D eigenvalue weighted by Gasteiger charge is 2.41. The van der Waals surface area contributed by atoms with E-state index in [1.807, 2.05) is 60.7 Å². The minimum atomic E-state index is -0.216. The van der Waals surface area contributed by atoms with E-state index < -0.39 is 0 Å². The normalized spacial score (nSPS) is 15.6. The van der Waals surface area contributed by atoms with Crippen molar-refractivity contribution in [1.82, 2.24) is 19.5 Å². The molecule has 0 radical (unpaired) electrons. The van der Waals surface area contributed by atoms with Crippen molar-refractivity contribution >= 4 is 49.3 Å². The average molecular weight is 717 g/mol. The van der Waals surface area contributed by atoms with Gasteiger partial charge in [0.05, 0.1) is 16.8 Å². The Hall–Kier alpha value is -7.37. The summed E-state index contributed by atoms with van der Waals surface area (Å²) >= 11 is 0. The highest BCUT2D eigenvalue weighted by atomic mass is 16.5. The monoisotopic (exact) mass is 716 g/mol. The zero-order valence-corrected chi connectivity index (χ0v) is 30.2. The lowest BCUT2D eigenvalue weighted by atomic mass is 9.85. The molecule has 2 unspecified atom stereocenters. The molecular formula is C51H32N4O. The summed E-state index contributed by atoms with van der Waals surface area (Å²) in [6.07, 6.45) is 4.40. The third-order valence-electron chi connectivity index (χ3n) is 11.6. The Morgan fingerprint density at radius 1 is 0.464 bits per heavy atom.